The average molecular weight is 536 g/mol. The number of aliphatic hydroxyl groups is 1. The van der Waals surface area contributed by atoms with Gasteiger partial charge < -0.3 is 43.4 Å². The van der Waals surface area contributed by atoms with Crippen molar-refractivity contribution in [3.63, 3.8) is 0 Å². The molecule has 11 N–H and O–H groups in total. The first-order chi connectivity index (χ1) is 17.8. The zero-order chi connectivity index (χ0) is 28.8. The molecule has 13 heteroatoms. The number of carbonyl (C=O) groups is 4. The number of hydrogen-bond donors (Lipinski definition) is 8. The molecule has 0 aliphatic rings. The highest BCUT2D eigenvalue weighted by Crippen LogP contribution is 2.09. The lowest BCUT2D eigenvalue weighted by atomic mass is 10.0. The van der Waals surface area contributed by atoms with Crippen LogP contribution in [0.15, 0.2) is 35.3 Å². The Labute approximate surface area is 222 Å². The number of carbonyl (C=O) groups excluding carboxylic acids is 3. The van der Waals surface area contributed by atoms with E-state index in [-0.39, 0.29) is 44.1 Å². The van der Waals surface area contributed by atoms with Crippen LogP contribution in [0.25, 0.3) is 0 Å². The van der Waals surface area contributed by atoms with Gasteiger partial charge >= 0.3 is 5.97 Å². The van der Waals surface area contributed by atoms with Crippen LogP contribution in [0.5, 0.6) is 0 Å². The summed E-state index contributed by atoms with van der Waals surface area (Å²) < 4.78 is 0. The number of amides is 3. The molecular formula is C25H41N7O6. The van der Waals surface area contributed by atoms with Gasteiger partial charge in [-0.15, -0.1) is 0 Å². The smallest absolute Gasteiger partial charge is 0.326 e. The zero-order valence-electron chi connectivity index (χ0n) is 22.1. The molecule has 13 nitrogen and oxygen atoms in total. The number of benzene rings is 1. The highest BCUT2D eigenvalue weighted by Gasteiger charge is 2.33. The van der Waals surface area contributed by atoms with Gasteiger partial charge in [-0.1, -0.05) is 44.2 Å². The molecule has 5 atom stereocenters. The largest absolute Gasteiger partial charge is 0.480 e. The minimum Gasteiger partial charge on any atom is -0.480 e. The molecule has 5 unspecified atom stereocenters. The fourth-order valence-electron chi connectivity index (χ4n) is 3.62. The summed E-state index contributed by atoms with van der Waals surface area (Å²) in [6.07, 6.45) is -0.560. The summed E-state index contributed by atoms with van der Waals surface area (Å²) in [6, 6.07) is 4.47. The molecule has 0 aliphatic heterocycles. The van der Waals surface area contributed by atoms with Gasteiger partial charge in [-0.25, -0.2) is 4.79 Å². The van der Waals surface area contributed by atoms with Crippen LogP contribution in [-0.2, 0) is 25.6 Å². The quantitative estimate of drug-likeness (QED) is 0.0703. The second-order valence-electron chi connectivity index (χ2n) is 9.56. The lowest BCUT2D eigenvalue weighted by molar-refractivity contribution is -0.143. The number of guanidine groups is 1. The van der Waals surface area contributed by atoms with E-state index < -0.39 is 54.0 Å². The number of rotatable bonds is 16. The molecule has 38 heavy (non-hydrogen) atoms. The Morgan fingerprint density at radius 2 is 1.53 bits per heavy atom. The zero-order valence-corrected chi connectivity index (χ0v) is 22.1. The van der Waals surface area contributed by atoms with Crippen molar-refractivity contribution in [2.45, 2.75) is 76.7 Å². The first-order valence-corrected chi connectivity index (χ1v) is 12.5. The van der Waals surface area contributed by atoms with Crippen LogP contribution in [0.3, 0.4) is 0 Å². The summed E-state index contributed by atoms with van der Waals surface area (Å²) in [5.41, 5.74) is 17.4. The van der Waals surface area contributed by atoms with Crippen molar-refractivity contribution in [3.8, 4) is 0 Å². The number of carboxylic acid groups (broad SMARTS) is 1. The Morgan fingerprint density at radius 1 is 0.921 bits per heavy atom. The summed E-state index contributed by atoms with van der Waals surface area (Å²) >= 11 is 0. The molecule has 1 aromatic carbocycles. The third kappa shape index (κ3) is 12.0. The second kappa shape index (κ2) is 16.2. The van der Waals surface area contributed by atoms with Crippen LogP contribution in [0.1, 0.15) is 45.6 Å². The number of aliphatic hydroxyl groups excluding tert-OH is 1. The summed E-state index contributed by atoms with van der Waals surface area (Å²) in [5.74, 6) is -3.58. The van der Waals surface area contributed by atoms with Gasteiger partial charge in [0.15, 0.2) is 5.96 Å². The molecule has 1 rings (SSSR count). The van der Waals surface area contributed by atoms with Gasteiger partial charge in [0.25, 0.3) is 0 Å². The van der Waals surface area contributed by atoms with E-state index in [0.29, 0.717) is 0 Å². The Bertz CT molecular complexity index is 951. The van der Waals surface area contributed by atoms with E-state index in [9.17, 15) is 29.4 Å². The summed E-state index contributed by atoms with van der Waals surface area (Å²) in [4.78, 5) is 54.1. The number of nitrogens with two attached hydrogens (primary N) is 3. The Kier molecular flexibility index (Phi) is 13.8. The van der Waals surface area contributed by atoms with Crippen LogP contribution in [-0.4, -0.2) is 76.7 Å². The molecule has 0 saturated carbocycles. The van der Waals surface area contributed by atoms with Crippen LogP contribution >= 0.6 is 0 Å². The molecule has 0 spiro atoms. The third-order valence-electron chi connectivity index (χ3n) is 5.60. The van der Waals surface area contributed by atoms with Crippen molar-refractivity contribution >= 4 is 29.7 Å². The number of aliphatic imine (C=N–C) groups is 1. The van der Waals surface area contributed by atoms with Crippen molar-refractivity contribution in [3.05, 3.63) is 35.9 Å². The van der Waals surface area contributed by atoms with Gasteiger partial charge in [0, 0.05) is 6.54 Å². The molecule has 0 radical (unpaired) electrons. The highest BCUT2D eigenvalue weighted by molar-refractivity contribution is 5.94. The van der Waals surface area contributed by atoms with Crippen LogP contribution in [0.2, 0.25) is 0 Å². The minimum atomic E-state index is -1.47. The third-order valence-corrected chi connectivity index (χ3v) is 5.60. The Morgan fingerprint density at radius 3 is 2.05 bits per heavy atom. The molecular weight excluding hydrogens is 494 g/mol. The van der Waals surface area contributed by atoms with E-state index in [2.05, 4.69) is 20.9 Å². The van der Waals surface area contributed by atoms with Gasteiger partial charge in [0.2, 0.25) is 17.7 Å². The van der Waals surface area contributed by atoms with Gasteiger partial charge in [-0.3, -0.25) is 19.4 Å². The molecule has 1 aromatic rings. The number of hydrogen-bond acceptors (Lipinski definition) is 7. The molecule has 0 fully saturated rings. The molecule has 0 bridgehead atoms. The van der Waals surface area contributed by atoms with Gasteiger partial charge in [0.1, 0.15) is 18.1 Å². The Hall–Kier alpha value is -3.71. The van der Waals surface area contributed by atoms with E-state index in [1.165, 1.54) is 6.92 Å². The second-order valence-corrected chi connectivity index (χ2v) is 9.56. The lowest BCUT2D eigenvalue weighted by Gasteiger charge is -2.27. The van der Waals surface area contributed by atoms with E-state index in [1.807, 2.05) is 44.2 Å². The molecule has 3 amide bonds. The first kappa shape index (κ1) is 32.3. The predicted molar refractivity (Wildman–Crippen MR) is 143 cm³/mol. The van der Waals surface area contributed by atoms with E-state index in [1.54, 1.807) is 0 Å². The van der Waals surface area contributed by atoms with E-state index >= 15 is 0 Å². The SMILES string of the molecule is CC(C)CC(NC(=O)C(N)Cc1ccccc1)C(=O)NC(C(=O)NC(CCCN=C(N)N)C(=O)O)C(C)O. The van der Waals surface area contributed by atoms with Gasteiger partial charge in [0.05, 0.1) is 12.1 Å². The summed E-state index contributed by atoms with van der Waals surface area (Å²) in [5, 5.41) is 27.0. The standard InChI is InChI=1S/C25H41N7O6/c1-14(2)12-19(31-21(34)17(26)13-16-8-5-4-6-9-16)22(35)32-20(15(3)33)23(36)30-18(24(37)38)10-7-11-29-25(27)28/h4-6,8-9,14-15,17-20,33H,7,10-13,26H2,1-3H3,(H,30,36)(H,31,34)(H,32,35)(H,37,38)(H4,27,28,29). The molecule has 0 aromatic heterocycles. The fraction of sp³-hybridized carbons (Fsp3) is 0.560. The van der Waals surface area contributed by atoms with Crippen molar-refractivity contribution < 1.29 is 29.4 Å². The van der Waals surface area contributed by atoms with E-state index in [0.717, 1.165) is 5.56 Å². The van der Waals surface area contributed by atoms with Crippen LogP contribution in [0.4, 0.5) is 0 Å². The van der Waals surface area contributed by atoms with Gasteiger partial charge in [-0.2, -0.15) is 0 Å². The summed E-state index contributed by atoms with van der Waals surface area (Å²) in [7, 11) is 0. The predicted octanol–water partition coefficient (Wildman–Crippen LogP) is -1.42. The molecule has 0 aliphatic carbocycles. The highest BCUT2D eigenvalue weighted by atomic mass is 16.4. The minimum absolute atomic E-state index is 0.00293. The number of nitrogens with one attached hydrogen (secondary N) is 3. The summed E-state index contributed by atoms with van der Waals surface area (Å²) in [6.45, 7) is 5.16. The molecule has 0 saturated heterocycles. The monoisotopic (exact) mass is 535 g/mol. The maximum Gasteiger partial charge on any atom is 0.326 e. The first-order valence-electron chi connectivity index (χ1n) is 12.5. The van der Waals surface area contributed by atoms with Crippen molar-refractivity contribution in [1.29, 1.82) is 0 Å². The number of nitrogens with zero attached hydrogens (tertiary/aromatic N) is 1. The maximum atomic E-state index is 13.1. The van der Waals surface area contributed by atoms with Gasteiger partial charge in [-0.05, 0) is 44.1 Å². The van der Waals surface area contributed by atoms with Crippen molar-refractivity contribution in [2.75, 3.05) is 6.54 Å². The molecule has 212 valence electrons. The maximum absolute atomic E-state index is 13.1. The fourth-order valence-corrected chi connectivity index (χ4v) is 3.62. The van der Waals surface area contributed by atoms with Crippen molar-refractivity contribution in [1.82, 2.24) is 16.0 Å². The van der Waals surface area contributed by atoms with Crippen molar-refractivity contribution in [2.24, 2.45) is 28.1 Å². The van der Waals surface area contributed by atoms with Crippen LogP contribution < -0.4 is 33.2 Å². The normalized spacial score (nSPS) is 14.9. The Balaban J connectivity index is 2.89. The molecule has 0 heterocycles. The van der Waals surface area contributed by atoms with E-state index in [4.69, 9.17) is 17.2 Å². The topological polar surface area (TPSA) is 235 Å². The average Bonchev–Trinajstić information content (AvgIpc) is 2.83. The number of aliphatic carboxylic acids is 1. The lowest BCUT2D eigenvalue weighted by Crippen LogP contribution is -2.60. The van der Waals surface area contributed by atoms with Crippen LogP contribution in [0, 0.1) is 5.92 Å². The number of carboxylic acids is 1.